The van der Waals surface area contributed by atoms with Gasteiger partial charge >= 0.3 is 6.09 Å². The summed E-state index contributed by atoms with van der Waals surface area (Å²) in [6.07, 6.45) is 1.17. The molecule has 1 aromatic heterocycles. The van der Waals surface area contributed by atoms with Gasteiger partial charge in [0.1, 0.15) is 0 Å². The van der Waals surface area contributed by atoms with Crippen molar-refractivity contribution in [3.05, 3.63) is 52.0 Å². The molecule has 1 heterocycles. The predicted octanol–water partition coefficient (Wildman–Crippen LogP) is 3.62. The molecule has 15 heteroatoms. The molecule has 3 aromatic rings. The smallest absolute Gasteiger partial charge is 0.420 e. The maximum absolute atomic E-state index is 12.5. The second-order valence-corrected chi connectivity index (χ2v) is 10.9. The number of tetrazole rings is 1. The molecule has 0 atom stereocenters. The molecule has 35 heavy (non-hydrogen) atoms. The first-order valence-electron chi connectivity index (χ1n) is 10.1. The molecule has 0 radical (unpaired) electrons. The molecule has 11 nitrogen and oxygen atoms in total. The molecule has 1 aliphatic rings. The Morgan fingerprint density at radius 3 is 2.60 bits per heavy atom. The first-order chi connectivity index (χ1) is 16.7. The van der Waals surface area contributed by atoms with Crippen molar-refractivity contribution in [1.29, 1.82) is 0 Å². The number of nitrogens with one attached hydrogen (secondary N) is 2. The number of rotatable bonds is 8. The average molecular weight is 557 g/mol. The van der Waals surface area contributed by atoms with E-state index in [0.29, 0.717) is 21.8 Å². The lowest BCUT2D eigenvalue weighted by Crippen LogP contribution is -2.30. The summed E-state index contributed by atoms with van der Waals surface area (Å²) >= 11 is 13.7. The standard InChI is InChI=1S/C20H18Cl2N6O5S2/c1-33-20(30)25-35(31,32)13-5-6-16(14(21)9-13)23-18(29)10-34-19-24-26-27-28(19)17-7-4-12(8-15(17)22)11-2-3-11/h4-9,11H,2-3,10H2,1H3,(H,23,29)(H,25,30). The van der Waals surface area contributed by atoms with Gasteiger partial charge in [0.25, 0.3) is 10.0 Å². The number of methoxy groups -OCH3 is 1. The molecule has 0 bridgehead atoms. The van der Waals surface area contributed by atoms with Gasteiger partial charge in [0, 0.05) is 0 Å². The van der Waals surface area contributed by atoms with Gasteiger partial charge in [-0.1, -0.05) is 41.0 Å². The topological polar surface area (TPSA) is 145 Å². The Balaban J connectivity index is 1.40. The average Bonchev–Trinajstić information content (AvgIpc) is 3.57. The molecule has 2 N–H and O–H groups in total. The number of thioether (sulfide) groups is 1. The van der Waals surface area contributed by atoms with Crippen LogP contribution in [0.3, 0.4) is 0 Å². The summed E-state index contributed by atoms with van der Waals surface area (Å²) in [7, 11) is -3.15. The highest BCUT2D eigenvalue weighted by Gasteiger charge is 2.25. The number of sulfonamides is 1. The van der Waals surface area contributed by atoms with Gasteiger partial charge < -0.3 is 10.1 Å². The number of carbonyl (C=O) groups excluding carboxylic acids is 2. The van der Waals surface area contributed by atoms with Crippen molar-refractivity contribution in [2.75, 3.05) is 18.2 Å². The molecular weight excluding hydrogens is 539 g/mol. The third-order valence-corrected chi connectivity index (χ3v) is 7.79. The largest absolute Gasteiger partial charge is 0.452 e. The molecule has 1 fully saturated rings. The van der Waals surface area contributed by atoms with Crippen LogP contribution in [0.1, 0.15) is 24.3 Å². The first-order valence-corrected chi connectivity index (χ1v) is 13.3. The van der Waals surface area contributed by atoms with Gasteiger partial charge in [0.2, 0.25) is 11.1 Å². The minimum atomic E-state index is -4.18. The number of aromatic nitrogens is 4. The van der Waals surface area contributed by atoms with Crippen LogP contribution < -0.4 is 10.0 Å². The molecule has 1 aliphatic carbocycles. The quantitative estimate of drug-likeness (QED) is 0.397. The molecule has 2 amide bonds. The molecule has 1 saturated carbocycles. The van der Waals surface area contributed by atoms with E-state index in [-0.39, 0.29) is 21.4 Å². The summed E-state index contributed by atoms with van der Waals surface area (Å²) in [6.45, 7) is 0. The van der Waals surface area contributed by atoms with Gasteiger partial charge in [0.15, 0.2) is 0 Å². The number of ether oxygens (including phenoxy) is 1. The summed E-state index contributed by atoms with van der Waals surface area (Å²) in [5, 5.41) is 15.0. The minimum absolute atomic E-state index is 0.0385. The number of nitrogens with zero attached hydrogens (tertiary/aromatic N) is 4. The van der Waals surface area contributed by atoms with E-state index in [0.717, 1.165) is 37.8 Å². The van der Waals surface area contributed by atoms with Crippen LogP contribution in [-0.4, -0.2) is 53.5 Å². The number of halogens is 2. The Hall–Kier alpha value is -2.87. The Bertz CT molecular complexity index is 1390. The molecular formula is C20H18Cl2N6O5S2. The van der Waals surface area contributed by atoms with Crippen molar-refractivity contribution in [3.63, 3.8) is 0 Å². The first kappa shape index (κ1) is 25.2. The second-order valence-electron chi connectivity index (χ2n) is 7.43. The molecule has 0 aliphatic heterocycles. The number of amides is 2. The number of anilines is 1. The summed E-state index contributed by atoms with van der Waals surface area (Å²) < 4.78 is 31.8. The molecule has 4 rings (SSSR count). The van der Waals surface area contributed by atoms with E-state index in [1.807, 2.05) is 18.2 Å². The number of hydrogen-bond acceptors (Lipinski definition) is 9. The van der Waals surface area contributed by atoms with Crippen LogP contribution >= 0.6 is 35.0 Å². The molecule has 184 valence electrons. The van der Waals surface area contributed by atoms with Gasteiger partial charge in [-0.15, -0.1) is 5.10 Å². The number of hydrogen-bond donors (Lipinski definition) is 2. The highest BCUT2D eigenvalue weighted by Crippen LogP contribution is 2.41. The van der Waals surface area contributed by atoms with E-state index in [1.54, 1.807) is 4.72 Å². The molecule has 2 aromatic carbocycles. The Kier molecular flexibility index (Phi) is 7.50. The Morgan fingerprint density at radius 1 is 1.17 bits per heavy atom. The normalized spacial score (nSPS) is 13.3. The van der Waals surface area contributed by atoms with Crippen molar-refractivity contribution in [2.24, 2.45) is 0 Å². The van der Waals surface area contributed by atoms with Crippen molar-refractivity contribution >= 4 is 62.7 Å². The number of benzene rings is 2. The van der Waals surface area contributed by atoms with Crippen LogP contribution in [-0.2, 0) is 19.6 Å². The zero-order chi connectivity index (χ0) is 25.2. The second kappa shape index (κ2) is 10.4. The van der Waals surface area contributed by atoms with Gasteiger partial charge in [-0.2, -0.15) is 4.68 Å². The van der Waals surface area contributed by atoms with Gasteiger partial charge in [-0.25, -0.2) is 17.9 Å². The van der Waals surface area contributed by atoms with E-state index < -0.39 is 22.0 Å². The highest BCUT2D eigenvalue weighted by molar-refractivity contribution is 7.99. The zero-order valence-corrected chi connectivity index (χ0v) is 21.2. The van der Waals surface area contributed by atoms with Crippen molar-refractivity contribution in [3.8, 4) is 5.69 Å². The zero-order valence-electron chi connectivity index (χ0n) is 18.1. The van der Waals surface area contributed by atoms with Gasteiger partial charge in [-0.3, -0.25) is 4.79 Å². The fourth-order valence-electron chi connectivity index (χ4n) is 3.08. The maximum Gasteiger partial charge on any atom is 0.420 e. The van der Waals surface area contributed by atoms with Crippen molar-refractivity contribution < 1.29 is 22.7 Å². The van der Waals surface area contributed by atoms with E-state index in [9.17, 15) is 18.0 Å². The third kappa shape index (κ3) is 6.04. The monoisotopic (exact) mass is 556 g/mol. The summed E-state index contributed by atoms with van der Waals surface area (Å²) in [5.41, 5.74) is 1.97. The molecule has 0 spiro atoms. The summed E-state index contributed by atoms with van der Waals surface area (Å²) in [6, 6.07) is 9.35. The maximum atomic E-state index is 12.5. The molecule has 0 unspecified atom stereocenters. The van der Waals surface area contributed by atoms with E-state index >= 15 is 0 Å². The summed E-state index contributed by atoms with van der Waals surface area (Å²) in [5.74, 6) is 0.0707. The summed E-state index contributed by atoms with van der Waals surface area (Å²) in [4.78, 5) is 23.4. The van der Waals surface area contributed by atoms with E-state index in [2.05, 4.69) is 25.6 Å². The highest BCUT2D eigenvalue weighted by atomic mass is 35.5. The molecule has 0 saturated heterocycles. The van der Waals surface area contributed by atoms with Crippen molar-refractivity contribution in [2.45, 2.75) is 28.8 Å². The van der Waals surface area contributed by atoms with Crippen LogP contribution in [0, 0.1) is 0 Å². The van der Waals surface area contributed by atoms with Crippen LogP contribution in [0.15, 0.2) is 46.5 Å². The minimum Gasteiger partial charge on any atom is -0.452 e. The van der Waals surface area contributed by atoms with Crippen LogP contribution in [0.25, 0.3) is 5.69 Å². The van der Waals surface area contributed by atoms with E-state index in [4.69, 9.17) is 23.2 Å². The fourth-order valence-corrected chi connectivity index (χ4v) is 5.26. The van der Waals surface area contributed by atoms with Crippen LogP contribution in [0.4, 0.5) is 10.5 Å². The number of carbonyl (C=O) groups is 2. The SMILES string of the molecule is COC(=O)NS(=O)(=O)c1ccc(NC(=O)CSc2nnnn2-c2ccc(C3CC3)cc2Cl)c(Cl)c1. The van der Waals surface area contributed by atoms with Crippen LogP contribution in [0.5, 0.6) is 0 Å². The Morgan fingerprint density at radius 2 is 1.94 bits per heavy atom. The third-order valence-electron chi connectivity index (χ3n) is 4.95. The lowest BCUT2D eigenvalue weighted by Gasteiger charge is -2.10. The Labute approximate surface area is 214 Å². The lowest BCUT2D eigenvalue weighted by molar-refractivity contribution is -0.113. The van der Waals surface area contributed by atoms with Crippen molar-refractivity contribution in [1.82, 2.24) is 24.9 Å². The van der Waals surface area contributed by atoms with Gasteiger partial charge in [0.05, 0.1) is 39.2 Å². The van der Waals surface area contributed by atoms with Crippen LogP contribution in [0.2, 0.25) is 10.0 Å². The van der Waals surface area contributed by atoms with Gasteiger partial charge in [-0.05, 0) is 65.1 Å². The van der Waals surface area contributed by atoms with E-state index in [1.165, 1.54) is 22.4 Å². The lowest BCUT2D eigenvalue weighted by atomic mass is 10.1. The predicted molar refractivity (Wildman–Crippen MR) is 130 cm³/mol. The fraction of sp³-hybridized carbons (Fsp3) is 0.250.